The van der Waals surface area contributed by atoms with E-state index >= 15 is 0 Å². The highest BCUT2D eigenvalue weighted by molar-refractivity contribution is 5.92. The molecule has 1 aromatic heterocycles. The lowest BCUT2D eigenvalue weighted by atomic mass is 10.3. The second kappa shape index (κ2) is 4.53. The quantitative estimate of drug-likeness (QED) is 0.545. The van der Waals surface area contributed by atoms with Crippen LogP contribution in [0.1, 0.15) is 0 Å². The van der Waals surface area contributed by atoms with E-state index in [0.29, 0.717) is 0 Å². The predicted octanol–water partition coefficient (Wildman–Crippen LogP) is -1.25. The first-order chi connectivity index (χ1) is 6.24. The van der Waals surface area contributed by atoms with Crippen molar-refractivity contribution < 1.29 is 14.6 Å². The zero-order valence-electron chi connectivity index (χ0n) is 7.02. The summed E-state index contributed by atoms with van der Waals surface area (Å²) >= 11 is 0. The third kappa shape index (κ3) is 2.80. The van der Waals surface area contributed by atoms with E-state index in [0.717, 1.165) is 0 Å². The van der Waals surface area contributed by atoms with E-state index in [2.05, 4.69) is 25.2 Å². The van der Waals surface area contributed by atoms with Gasteiger partial charge in [-0.1, -0.05) is 0 Å². The summed E-state index contributed by atoms with van der Waals surface area (Å²) in [7, 11) is 1.39. The number of H-pyrrole nitrogens is 1. The minimum absolute atomic E-state index is 0.0556. The molecule has 0 aromatic carbocycles. The van der Waals surface area contributed by atoms with Crippen molar-refractivity contribution >= 4 is 11.9 Å². The lowest BCUT2D eigenvalue weighted by molar-refractivity contribution is -0.126. The third-order valence-electron chi connectivity index (χ3n) is 1.28. The molecular weight excluding hydrogens is 176 g/mol. The predicted molar refractivity (Wildman–Crippen MR) is 42.9 cm³/mol. The number of carbonyl (C=O) groups is 1. The maximum Gasteiger partial charge on any atom is 0.257 e. The molecule has 3 N–H and O–H groups in total. The second-order valence-electron chi connectivity index (χ2n) is 2.29. The molecule has 0 saturated carbocycles. The zero-order valence-corrected chi connectivity index (χ0v) is 7.02. The number of aliphatic hydroxyl groups excluding tert-OH is 1. The second-order valence-corrected chi connectivity index (χ2v) is 2.29. The van der Waals surface area contributed by atoms with Crippen molar-refractivity contribution in [2.24, 2.45) is 0 Å². The number of hydrogen-bond acceptors (Lipinski definition) is 5. The Morgan fingerprint density at radius 1 is 1.92 bits per heavy atom. The van der Waals surface area contributed by atoms with Gasteiger partial charge in [-0.3, -0.25) is 10.1 Å². The maximum atomic E-state index is 11.1. The topological polar surface area (TPSA) is 100 Å². The van der Waals surface area contributed by atoms with Crippen LogP contribution in [0.5, 0.6) is 0 Å². The first-order valence-corrected chi connectivity index (χ1v) is 3.57. The molecule has 1 unspecified atom stereocenters. The summed E-state index contributed by atoms with van der Waals surface area (Å²) < 4.78 is 4.59. The number of nitrogens with one attached hydrogen (secondary N) is 2. The first-order valence-electron chi connectivity index (χ1n) is 3.57. The van der Waals surface area contributed by atoms with Gasteiger partial charge in [0.2, 0.25) is 5.95 Å². The van der Waals surface area contributed by atoms with Crippen LogP contribution in [-0.2, 0) is 9.53 Å². The standard InChI is InChI=1S/C6H10N4O3/c1-13-2-4(11)5(12)9-6-7-3-8-10-6/h3-4,11H,2H2,1H3,(H2,7,8,9,10,12). The van der Waals surface area contributed by atoms with Gasteiger partial charge in [0.25, 0.3) is 5.91 Å². The summed E-state index contributed by atoms with van der Waals surface area (Å²) in [6.07, 6.45) is 0.0493. The van der Waals surface area contributed by atoms with Crippen molar-refractivity contribution in [2.75, 3.05) is 19.0 Å². The van der Waals surface area contributed by atoms with Crippen molar-refractivity contribution in [3.8, 4) is 0 Å². The number of methoxy groups -OCH3 is 1. The summed E-state index contributed by atoms with van der Waals surface area (Å²) in [5, 5.41) is 17.4. The molecule has 1 heterocycles. The van der Waals surface area contributed by atoms with Gasteiger partial charge in [-0.2, -0.15) is 10.1 Å². The SMILES string of the molecule is COCC(O)C(=O)Nc1ncn[nH]1. The summed E-state index contributed by atoms with van der Waals surface area (Å²) in [4.78, 5) is 14.7. The molecule has 1 atom stereocenters. The molecule has 0 aliphatic rings. The van der Waals surface area contributed by atoms with Gasteiger partial charge in [0.15, 0.2) is 6.10 Å². The van der Waals surface area contributed by atoms with Crippen molar-refractivity contribution in [3.05, 3.63) is 6.33 Å². The molecule has 0 aliphatic carbocycles. The molecule has 0 bridgehead atoms. The number of aromatic nitrogens is 3. The van der Waals surface area contributed by atoms with E-state index in [-0.39, 0.29) is 12.6 Å². The molecule has 1 amide bonds. The fraction of sp³-hybridized carbons (Fsp3) is 0.500. The Labute approximate surface area is 74.1 Å². The number of nitrogens with zero attached hydrogens (tertiary/aromatic N) is 2. The summed E-state index contributed by atoms with van der Waals surface area (Å²) in [5.41, 5.74) is 0. The molecule has 0 fully saturated rings. The number of carbonyl (C=O) groups excluding carboxylic acids is 1. The molecule has 0 radical (unpaired) electrons. The van der Waals surface area contributed by atoms with Crippen molar-refractivity contribution in [1.82, 2.24) is 15.2 Å². The van der Waals surface area contributed by atoms with Crippen molar-refractivity contribution in [2.45, 2.75) is 6.10 Å². The Balaban J connectivity index is 2.41. The van der Waals surface area contributed by atoms with Gasteiger partial charge in [0, 0.05) is 7.11 Å². The van der Waals surface area contributed by atoms with Gasteiger partial charge in [-0.25, -0.2) is 5.10 Å². The molecule has 1 aromatic rings. The minimum Gasteiger partial charge on any atom is -0.381 e. The van der Waals surface area contributed by atoms with Crippen LogP contribution in [0.15, 0.2) is 6.33 Å². The van der Waals surface area contributed by atoms with E-state index in [9.17, 15) is 4.79 Å². The fourth-order valence-corrected chi connectivity index (χ4v) is 0.699. The molecular formula is C6H10N4O3. The van der Waals surface area contributed by atoms with Crippen LogP contribution < -0.4 is 5.32 Å². The lowest BCUT2D eigenvalue weighted by Crippen LogP contribution is -2.31. The number of aromatic amines is 1. The van der Waals surface area contributed by atoms with Gasteiger partial charge in [0.1, 0.15) is 6.33 Å². The van der Waals surface area contributed by atoms with E-state index in [1.165, 1.54) is 13.4 Å². The van der Waals surface area contributed by atoms with Crippen molar-refractivity contribution in [1.29, 1.82) is 0 Å². The maximum absolute atomic E-state index is 11.1. The molecule has 72 valence electrons. The number of amides is 1. The molecule has 0 aliphatic heterocycles. The Bertz CT molecular complexity index is 261. The highest BCUT2D eigenvalue weighted by atomic mass is 16.5. The fourth-order valence-electron chi connectivity index (χ4n) is 0.699. The Morgan fingerprint density at radius 3 is 3.23 bits per heavy atom. The van der Waals surface area contributed by atoms with E-state index in [4.69, 9.17) is 5.11 Å². The van der Waals surface area contributed by atoms with E-state index in [1.807, 2.05) is 0 Å². The highest BCUT2D eigenvalue weighted by Crippen LogP contribution is 1.94. The molecule has 1 rings (SSSR count). The minimum atomic E-state index is -1.20. The highest BCUT2D eigenvalue weighted by Gasteiger charge is 2.15. The van der Waals surface area contributed by atoms with Gasteiger partial charge in [-0.05, 0) is 0 Å². The van der Waals surface area contributed by atoms with Gasteiger partial charge >= 0.3 is 0 Å². The number of aliphatic hydroxyl groups is 1. The summed E-state index contributed by atoms with van der Waals surface area (Å²) in [5.74, 6) is -0.390. The molecule has 0 saturated heterocycles. The largest absolute Gasteiger partial charge is 0.381 e. The van der Waals surface area contributed by atoms with Crippen molar-refractivity contribution in [3.63, 3.8) is 0 Å². The normalized spacial score (nSPS) is 12.5. The summed E-state index contributed by atoms with van der Waals surface area (Å²) in [6.45, 7) is -0.0556. The molecule has 0 spiro atoms. The van der Waals surface area contributed by atoms with Crippen LogP contribution in [0.2, 0.25) is 0 Å². The zero-order chi connectivity index (χ0) is 9.68. The Hall–Kier alpha value is -1.47. The average molecular weight is 186 g/mol. The van der Waals surface area contributed by atoms with Crippen LogP contribution in [0.25, 0.3) is 0 Å². The van der Waals surface area contributed by atoms with Crippen LogP contribution in [0.4, 0.5) is 5.95 Å². The Kier molecular flexibility index (Phi) is 3.35. The van der Waals surface area contributed by atoms with Gasteiger partial charge in [0.05, 0.1) is 6.61 Å². The van der Waals surface area contributed by atoms with E-state index in [1.54, 1.807) is 0 Å². The average Bonchev–Trinajstić information content (AvgIpc) is 2.57. The summed E-state index contributed by atoms with van der Waals surface area (Å²) in [6, 6.07) is 0. The Morgan fingerprint density at radius 2 is 2.69 bits per heavy atom. The van der Waals surface area contributed by atoms with Gasteiger partial charge < -0.3 is 9.84 Å². The lowest BCUT2D eigenvalue weighted by Gasteiger charge is -2.07. The monoisotopic (exact) mass is 186 g/mol. The third-order valence-corrected chi connectivity index (χ3v) is 1.28. The number of anilines is 1. The number of hydrogen-bond donors (Lipinski definition) is 3. The van der Waals surface area contributed by atoms with Crippen LogP contribution in [0, 0.1) is 0 Å². The smallest absolute Gasteiger partial charge is 0.257 e. The first kappa shape index (κ1) is 9.62. The van der Waals surface area contributed by atoms with Crippen LogP contribution in [0.3, 0.4) is 0 Å². The molecule has 7 nitrogen and oxygen atoms in total. The number of rotatable bonds is 4. The molecule has 13 heavy (non-hydrogen) atoms. The van der Waals surface area contributed by atoms with E-state index < -0.39 is 12.0 Å². The van der Waals surface area contributed by atoms with Gasteiger partial charge in [-0.15, -0.1) is 0 Å². The molecule has 7 heteroatoms. The number of ether oxygens (including phenoxy) is 1. The van der Waals surface area contributed by atoms with Crippen LogP contribution >= 0.6 is 0 Å². The van der Waals surface area contributed by atoms with Crippen LogP contribution in [-0.4, -0.2) is 46.0 Å².